The van der Waals surface area contributed by atoms with Crippen LogP contribution in [0.3, 0.4) is 0 Å². The average molecular weight is 199 g/mol. The van der Waals surface area contributed by atoms with Gasteiger partial charge in [0, 0.05) is 12.0 Å². The first-order chi connectivity index (χ1) is 6.43. The van der Waals surface area contributed by atoms with Crippen molar-refractivity contribution in [2.45, 2.75) is 25.8 Å². The fourth-order valence-corrected chi connectivity index (χ4v) is 1.28. The fourth-order valence-electron chi connectivity index (χ4n) is 1.28. The van der Waals surface area contributed by atoms with Crippen molar-refractivity contribution in [1.29, 1.82) is 0 Å². The van der Waals surface area contributed by atoms with Crippen molar-refractivity contribution in [2.75, 3.05) is 0 Å². The van der Waals surface area contributed by atoms with Gasteiger partial charge >= 0.3 is 0 Å². The number of hydrogen-bond donors (Lipinski definition) is 1. The molecule has 2 N–H and O–H groups in total. The van der Waals surface area contributed by atoms with Crippen LogP contribution < -0.4 is 5.73 Å². The van der Waals surface area contributed by atoms with Gasteiger partial charge in [-0.25, -0.2) is 8.78 Å². The standard InChI is InChI=1S/C11H15F2N/c1-8(11(2,12)13)10(14)9-6-4-3-5-7-9/h3-8,10H,14H2,1-2H3. The second kappa shape index (κ2) is 4.05. The van der Waals surface area contributed by atoms with E-state index >= 15 is 0 Å². The van der Waals surface area contributed by atoms with E-state index in [1.54, 1.807) is 24.3 Å². The first-order valence-corrected chi connectivity index (χ1v) is 4.61. The van der Waals surface area contributed by atoms with Gasteiger partial charge in [0.1, 0.15) is 0 Å². The van der Waals surface area contributed by atoms with Gasteiger partial charge in [-0.1, -0.05) is 37.3 Å². The molecule has 1 rings (SSSR count). The molecule has 2 unspecified atom stereocenters. The molecular formula is C11H15F2N. The fraction of sp³-hybridized carbons (Fsp3) is 0.455. The number of rotatable bonds is 3. The lowest BCUT2D eigenvalue weighted by molar-refractivity contribution is -0.0420. The van der Waals surface area contributed by atoms with Crippen LogP contribution >= 0.6 is 0 Å². The van der Waals surface area contributed by atoms with Gasteiger partial charge in [-0.15, -0.1) is 0 Å². The molecule has 0 heterocycles. The van der Waals surface area contributed by atoms with Gasteiger partial charge in [-0.2, -0.15) is 0 Å². The molecule has 0 fully saturated rings. The van der Waals surface area contributed by atoms with Crippen LogP contribution in [-0.4, -0.2) is 5.92 Å². The molecule has 14 heavy (non-hydrogen) atoms. The highest BCUT2D eigenvalue weighted by molar-refractivity contribution is 5.19. The third kappa shape index (κ3) is 2.51. The monoisotopic (exact) mass is 199 g/mol. The molecule has 0 aliphatic heterocycles. The molecule has 0 radical (unpaired) electrons. The maximum absolute atomic E-state index is 13.0. The first kappa shape index (κ1) is 11.1. The summed E-state index contributed by atoms with van der Waals surface area (Å²) in [4.78, 5) is 0. The van der Waals surface area contributed by atoms with Gasteiger partial charge in [0.05, 0.1) is 0 Å². The minimum atomic E-state index is -2.74. The van der Waals surface area contributed by atoms with Crippen LogP contribution in [-0.2, 0) is 0 Å². The molecule has 78 valence electrons. The lowest BCUT2D eigenvalue weighted by atomic mass is 9.91. The van der Waals surface area contributed by atoms with Gasteiger partial charge in [-0.05, 0) is 12.5 Å². The predicted molar refractivity (Wildman–Crippen MR) is 53.2 cm³/mol. The van der Waals surface area contributed by atoms with E-state index in [-0.39, 0.29) is 0 Å². The summed E-state index contributed by atoms with van der Waals surface area (Å²) in [6.45, 7) is 2.37. The smallest absolute Gasteiger partial charge is 0.249 e. The maximum atomic E-state index is 13.0. The number of nitrogens with two attached hydrogens (primary N) is 1. The van der Waals surface area contributed by atoms with Crippen LogP contribution in [0.5, 0.6) is 0 Å². The van der Waals surface area contributed by atoms with Gasteiger partial charge < -0.3 is 5.73 Å². The summed E-state index contributed by atoms with van der Waals surface area (Å²) < 4.78 is 25.9. The Hall–Kier alpha value is -0.960. The van der Waals surface area contributed by atoms with Crippen LogP contribution in [0.4, 0.5) is 8.78 Å². The Labute approximate surface area is 82.9 Å². The number of alkyl halides is 2. The molecule has 1 aromatic rings. The zero-order valence-corrected chi connectivity index (χ0v) is 8.37. The topological polar surface area (TPSA) is 26.0 Å². The van der Waals surface area contributed by atoms with E-state index in [2.05, 4.69) is 0 Å². The van der Waals surface area contributed by atoms with Gasteiger partial charge in [0.15, 0.2) is 0 Å². The maximum Gasteiger partial charge on any atom is 0.249 e. The normalized spacial score (nSPS) is 16.4. The molecule has 0 saturated heterocycles. The van der Waals surface area contributed by atoms with E-state index in [1.165, 1.54) is 6.92 Å². The summed E-state index contributed by atoms with van der Waals surface area (Å²) in [5.41, 5.74) is 6.50. The predicted octanol–water partition coefficient (Wildman–Crippen LogP) is 2.98. The molecule has 0 aliphatic rings. The molecule has 3 heteroatoms. The van der Waals surface area contributed by atoms with Crippen LogP contribution in [0, 0.1) is 5.92 Å². The third-order valence-corrected chi connectivity index (χ3v) is 2.52. The Kier molecular flexibility index (Phi) is 3.21. The van der Waals surface area contributed by atoms with E-state index in [4.69, 9.17) is 5.73 Å². The number of benzene rings is 1. The van der Waals surface area contributed by atoms with Crippen molar-refractivity contribution in [3.8, 4) is 0 Å². The van der Waals surface area contributed by atoms with Gasteiger partial charge in [0.25, 0.3) is 0 Å². The van der Waals surface area contributed by atoms with E-state index < -0.39 is 17.9 Å². The minimum absolute atomic E-state index is 0.615. The summed E-state index contributed by atoms with van der Waals surface area (Å²) in [6, 6.07) is 8.37. The van der Waals surface area contributed by atoms with Crippen molar-refractivity contribution < 1.29 is 8.78 Å². The van der Waals surface area contributed by atoms with Gasteiger partial charge in [0.2, 0.25) is 5.92 Å². The van der Waals surface area contributed by atoms with Crippen molar-refractivity contribution in [3.05, 3.63) is 35.9 Å². The lowest BCUT2D eigenvalue weighted by Gasteiger charge is -2.25. The third-order valence-electron chi connectivity index (χ3n) is 2.52. The Morgan fingerprint density at radius 2 is 1.71 bits per heavy atom. The Morgan fingerprint density at radius 3 is 2.14 bits per heavy atom. The van der Waals surface area contributed by atoms with E-state index in [0.29, 0.717) is 0 Å². The summed E-state index contributed by atoms with van der Waals surface area (Å²) >= 11 is 0. The average Bonchev–Trinajstić information content (AvgIpc) is 2.15. The summed E-state index contributed by atoms with van der Waals surface area (Å²) in [5, 5.41) is 0. The second-order valence-electron chi connectivity index (χ2n) is 3.68. The van der Waals surface area contributed by atoms with Crippen molar-refractivity contribution in [3.63, 3.8) is 0 Å². The van der Waals surface area contributed by atoms with Crippen molar-refractivity contribution in [1.82, 2.24) is 0 Å². The molecular weight excluding hydrogens is 184 g/mol. The zero-order chi connectivity index (χ0) is 10.8. The van der Waals surface area contributed by atoms with E-state index in [0.717, 1.165) is 12.5 Å². The highest BCUT2D eigenvalue weighted by Gasteiger charge is 2.35. The van der Waals surface area contributed by atoms with Crippen molar-refractivity contribution in [2.24, 2.45) is 11.7 Å². The molecule has 0 amide bonds. The zero-order valence-electron chi connectivity index (χ0n) is 8.37. The Morgan fingerprint density at radius 1 is 1.21 bits per heavy atom. The van der Waals surface area contributed by atoms with Crippen LogP contribution in [0.1, 0.15) is 25.5 Å². The van der Waals surface area contributed by atoms with Crippen LogP contribution in [0.15, 0.2) is 30.3 Å². The molecule has 1 aromatic carbocycles. The molecule has 0 saturated carbocycles. The van der Waals surface area contributed by atoms with Gasteiger partial charge in [-0.3, -0.25) is 0 Å². The minimum Gasteiger partial charge on any atom is -0.324 e. The molecule has 0 aromatic heterocycles. The number of halogens is 2. The molecule has 0 spiro atoms. The Bertz CT molecular complexity index is 279. The molecule has 0 aliphatic carbocycles. The van der Waals surface area contributed by atoms with E-state index in [9.17, 15) is 8.78 Å². The highest BCUT2D eigenvalue weighted by atomic mass is 19.3. The summed E-state index contributed by atoms with van der Waals surface area (Å²) in [5.74, 6) is -3.60. The summed E-state index contributed by atoms with van der Waals surface area (Å²) in [6.07, 6.45) is 0. The highest BCUT2D eigenvalue weighted by Crippen LogP contribution is 2.32. The summed E-state index contributed by atoms with van der Waals surface area (Å²) in [7, 11) is 0. The van der Waals surface area contributed by atoms with Crippen LogP contribution in [0.2, 0.25) is 0 Å². The van der Waals surface area contributed by atoms with E-state index in [1.807, 2.05) is 6.07 Å². The van der Waals surface area contributed by atoms with Crippen molar-refractivity contribution >= 4 is 0 Å². The second-order valence-corrected chi connectivity index (χ2v) is 3.68. The molecule has 0 bridgehead atoms. The SMILES string of the molecule is CC(C(N)c1ccccc1)C(C)(F)F. The number of hydrogen-bond acceptors (Lipinski definition) is 1. The largest absolute Gasteiger partial charge is 0.324 e. The first-order valence-electron chi connectivity index (χ1n) is 4.61. The molecule has 1 nitrogen and oxygen atoms in total. The molecule has 2 atom stereocenters. The lowest BCUT2D eigenvalue weighted by Crippen LogP contribution is -2.32. The quantitative estimate of drug-likeness (QED) is 0.795. The Balaban J connectivity index is 2.81. The van der Waals surface area contributed by atoms with Crippen LogP contribution in [0.25, 0.3) is 0 Å².